The zero-order chi connectivity index (χ0) is 19.1. The van der Waals surface area contributed by atoms with Gasteiger partial charge in [0.05, 0.1) is 24.3 Å². The minimum Gasteiger partial charge on any atom is -0.379 e. The summed E-state index contributed by atoms with van der Waals surface area (Å²) in [5, 5.41) is 3.29. The Balaban J connectivity index is 1.71. The lowest BCUT2D eigenvalue weighted by atomic mass is 10.1. The van der Waals surface area contributed by atoms with Crippen molar-refractivity contribution in [1.82, 2.24) is 10.2 Å². The van der Waals surface area contributed by atoms with Crippen LogP contribution in [0.4, 0.5) is 4.39 Å². The average Bonchev–Trinajstić information content (AvgIpc) is 2.68. The van der Waals surface area contributed by atoms with Gasteiger partial charge in [-0.1, -0.05) is 48.0 Å². The number of morpholine rings is 1. The van der Waals surface area contributed by atoms with Gasteiger partial charge in [-0.3, -0.25) is 9.69 Å². The molecule has 1 atom stereocenters. The second-order valence-electron chi connectivity index (χ2n) is 6.35. The number of amides is 1. The summed E-state index contributed by atoms with van der Waals surface area (Å²) in [4.78, 5) is 14.7. The number of carbonyl (C=O) groups is 1. The Morgan fingerprint density at radius 1 is 1.19 bits per heavy atom. The van der Waals surface area contributed by atoms with Crippen LogP contribution in [0.15, 0.2) is 54.6 Å². The summed E-state index contributed by atoms with van der Waals surface area (Å²) in [6.07, 6.45) is 2.73. The number of carbonyl (C=O) groups excluding carboxylic acids is 1. The third-order valence-corrected chi connectivity index (χ3v) is 4.79. The largest absolute Gasteiger partial charge is 0.379 e. The maximum atomic E-state index is 13.9. The predicted molar refractivity (Wildman–Crippen MR) is 105 cm³/mol. The van der Waals surface area contributed by atoms with Gasteiger partial charge >= 0.3 is 0 Å². The van der Waals surface area contributed by atoms with Crippen LogP contribution in [-0.4, -0.2) is 43.7 Å². The molecule has 1 fully saturated rings. The minimum atomic E-state index is -0.459. The number of hydrogen-bond donors (Lipinski definition) is 1. The van der Waals surface area contributed by atoms with E-state index in [2.05, 4.69) is 10.2 Å². The van der Waals surface area contributed by atoms with Gasteiger partial charge < -0.3 is 10.1 Å². The maximum Gasteiger partial charge on any atom is 0.244 e. The van der Waals surface area contributed by atoms with Gasteiger partial charge in [0.2, 0.25) is 5.91 Å². The molecule has 1 aliphatic heterocycles. The Hall–Kier alpha value is -2.21. The van der Waals surface area contributed by atoms with Gasteiger partial charge in [0.15, 0.2) is 0 Å². The number of rotatable bonds is 6. The van der Waals surface area contributed by atoms with Crippen molar-refractivity contribution in [3.05, 3.63) is 76.6 Å². The Labute approximate surface area is 163 Å². The summed E-state index contributed by atoms with van der Waals surface area (Å²) < 4.78 is 19.2. The molecule has 1 amide bonds. The first-order valence-corrected chi connectivity index (χ1v) is 9.29. The van der Waals surface area contributed by atoms with E-state index in [1.807, 2.05) is 30.3 Å². The average molecular weight is 389 g/mol. The van der Waals surface area contributed by atoms with E-state index in [0.29, 0.717) is 19.8 Å². The molecule has 1 saturated heterocycles. The van der Waals surface area contributed by atoms with Crippen molar-refractivity contribution in [1.29, 1.82) is 0 Å². The van der Waals surface area contributed by atoms with E-state index in [9.17, 15) is 9.18 Å². The second-order valence-corrected chi connectivity index (χ2v) is 6.76. The van der Waals surface area contributed by atoms with Crippen LogP contribution >= 0.6 is 11.6 Å². The Bertz CT molecular complexity index is 772. The molecule has 0 aliphatic carbocycles. The fourth-order valence-corrected chi connectivity index (χ4v) is 3.24. The normalized spacial score (nSPS) is 16.4. The molecule has 0 bridgehead atoms. The monoisotopic (exact) mass is 388 g/mol. The summed E-state index contributed by atoms with van der Waals surface area (Å²) in [7, 11) is 0. The topological polar surface area (TPSA) is 41.6 Å². The van der Waals surface area contributed by atoms with E-state index < -0.39 is 5.82 Å². The molecule has 27 heavy (non-hydrogen) atoms. The van der Waals surface area contributed by atoms with E-state index in [4.69, 9.17) is 16.3 Å². The lowest BCUT2D eigenvalue weighted by Crippen LogP contribution is -2.42. The summed E-state index contributed by atoms with van der Waals surface area (Å²) in [6.45, 7) is 3.75. The molecule has 3 rings (SSSR count). The van der Waals surface area contributed by atoms with E-state index in [1.54, 1.807) is 6.07 Å². The highest BCUT2D eigenvalue weighted by molar-refractivity contribution is 6.32. The van der Waals surface area contributed by atoms with Gasteiger partial charge in [-0.15, -0.1) is 0 Å². The van der Waals surface area contributed by atoms with Crippen LogP contribution in [-0.2, 0) is 9.53 Å². The number of nitrogens with zero attached hydrogens (tertiary/aromatic N) is 1. The van der Waals surface area contributed by atoms with Crippen LogP contribution in [0.5, 0.6) is 0 Å². The van der Waals surface area contributed by atoms with Crippen LogP contribution in [0.2, 0.25) is 5.02 Å². The van der Waals surface area contributed by atoms with Crippen molar-refractivity contribution in [2.24, 2.45) is 0 Å². The first kappa shape index (κ1) is 19.5. The fraction of sp³-hybridized carbons (Fsp3) is 0.286. The molecule has 0 radical (unpaired) electrons. The van der Waals surface area contributed by atoms with Crippen molar-refractivity contribution < 1.29 is 13.9 Å². The SMILES string of the molecule is O=C(/C=C/c1c(F)cccc1Cl)N[C@@H](CN1CCOCC1)c1ccccc1. The van der Waals surface area contributed by atoms with E-state index in [0.717, 1.165) is 18.7 Å². The molecule has 0 unspecified atom stereocenters. The first-order chi connectivity index (χ1) is 13.1. The zero-order valence-electron chi connectivity index (χ0n) is 14.9. The van der Waals surface area contributed by atoms with Gasteiger partial charge in [-0.25, -0.2) is 4.39 Å². The molecule has 0 spiro atoms. The van der Waals surface area contributed by atoms with Gasteiger partial charge in [0.1, 0.15) is 5.82 Å². The van der Waals surface area contributed by atoms with Crippen LogP contribution in [0.3, 0.4) is 0 Å². The van der Waals surface area contributed by atoms with Crippen LogP contribution < -0.4 is 5.32 Å². The molecular weight excluding hydrogens is 367 g/mol. The Kier molecular flexibility index (Phi) is 6.98. The van der Waals surface area contributed by atoms with Crippen LogP contribution in [0, 0.1) is 5.82 Å². The predicted octanol–water partition coefficient (Wildman–Crippen LogP) is 3.68. The second kappa shape index (κ2) is 9.65. The Morgan fingerprint density at radius 3 is 2.63 bits per heavy atom. The van der Waals surface area contributed by atoms with Crippen molar-refractivity contribution in [3.63, 3.8) is 0 Å². The van der Waals surface area contributed by atoms with Gasteiger partial charge in [0, 0.05) is 31.3 Å². The molecular formula is C21H22ClFN2O2. The van der Waals surface area contributed by atoms with Crippen LogP contribution in [0.25, 0.3) is 6.08 Å². The van der Waals surface area contributed by atoms with E-state index in [1.165, 1.54) is 24.3 Å². The van der Waals surface area contributed by atoms with Crippen molar-refractivity contribution in [2.75, 3.05) is 32.8 Å². The highest BCUT2D eigenvalue weighted by Crippen LogP contribution is 2.20. The van der Waals surface area contributed by atoms with Crippen LogP contribution in [0.1, 0.15) is 17.2 Å². The standard InChI is InChI=1S/C21H22ClFN2O2/c22-18-7-4-8-19(23)17(18)9-10-21(26)24-20(16-5-2-1-3-6-16)15-25-11-13-27-14-12-25/h1-10,20H,11-15H2,(H,24,26)/b10-9+/t20-/m0/s1. The lowest BCUT2D eigenvalue weighted by Gasteiger charge is -2.31. The molecule has 4 nitrogen and oxygen atoms in total. The summed E-state index contributed by atoms with van der Waals surface area (Å²) >= 11 is 6.00. The van der Waals surface area contributed by atoms with Crippen molar-refractivity contribution in [3.8, 4) is 0 Å². The third-order valence-electron chi connectivity index (χ3n) is 4.46. The Morgan fingerprint density at radius 2 is 1.93 bits per heavy atom. The summed E-state index contributed by atoms with van der Waals surface area (Å²) in [6, 6.07) is 14.1. The molecule has 1 N–H and O–H groups in total. The fourth-order valence-electron chi connectivity index (χ4n) is 3.01. The molecule has 1 heterocycles. The molecule has 6 heteroatoms. The minimum absolute atomic E-state index is 0.169. The number of nitrogens with one attached hydrogen (secondary N) is 1. The number of hydrogen-bond acceptors (Lipinski definition) is 3. The lowest BCUT2D eigenvalue weighted by molar-refractivity contribution is -0.117. The molecule has 2 aromatic rings. The number of halogens is 2. The summed E-state index contributed by atoms with van der Waals surface area (Å²) in [5.41, 5.74) is 1.23. The zero-order valence-corrected chi connectivity index (χ0v) is 15.7. The highest BCUT2D eigenvalue weighted by Gasteiger charge is 2.19. The smallest absolute Gasteiger partial charge is 0.244 e. The van der Waals surface area contributed by atoms with Crippen molar-refractivity contribution >= 4 is 23.6 Å². The third kappa shape index (κ3) is 5.63. The van der Waals surface area contributed by atoms with Gasteiger partial charge in [-0.2, -0.15) is 0 Å². The quantitative estimate of drug-likeness (QED) is 0.767. The number of ether oxygens (including phenoxy) is 1. The molecule has 142 valence electrons. The molecule has 0 saturated carbocycles. The molecule has 1 aliphatic rings. The summed E-state index contributed by atoms with van der Waals surface area (Å²) in [5.74, 6) is -0.754. The van der Waals surface area contributed by atoms with Gasteiger partial charge in [0.25, 0.3) is 0 Å². The number of benzene rings is 2. The molecule has 2 aromatic carbocycles. The highest BCUT2D eigenvalue weighted by atomic mass is 35.5. The maximum absolute atomic E-state index is 13.9. The van der Waals surface area contributed by atoms with Crippen molar-refractivity contribution in [2.45, 2.75) is 6.04 Å². The molecule has 0 aromatic heterocycles. The first-order valence-electron chi connectivity index (χ1n) is 8.91. The van der Waals surface area contributed by atoms with E-state index in [-0.39, 0.29) is 22.5 Å². The van der Waals surface area contributed by atoms with Gasteiger partial charge in [-0.05, 0) is 23.8 Å². The van der Waals surface area contributed by atoms with E-state index >= 15 is 0 Å².